The highest BCUT2D eigenvalue weighted by Crippen LogP contribution is 2.17. The van der Waals surface area contributed by atoms with Gasteiger partial charge in [0, 0.05) is 6.54 Å². The van der Waals surface area contributed by atoms with Crippen LogP contribution in [0.15, 0.2) is 29.2 Å². The van der Waals surface area contributed by atoms with Crippen LogP contribution in [0.25, 0.3) is 0 Å². The number of hydrogen-bond donors (Lipinski definition) is 2. The summed E-state index contributed by atoms with van der Waals surface area (Å²) in [6, 6.07) is 6.88. The van der Waals surface area contributed by atoms with E-state index in [1.165, 1.54) is 0 Å². The van der Waals surface area contributed by atoms with Crippen molar-refractivity contribution in [3.8, 4) is 0 Å². The molecule has 102 valence electrons. The van der Waals surface area contributed by atoms with Crippen LogP contribution in [0.5, 0.6) is 0 Å². The molecule has 0 aliphatic carbocycles. The van der Waals surface area contributed by atoms with Crippen LogP contribution < -0.4 is 4.72 Å². The molecule has 0 radical (unpaired) electrons. The van der Waals surface area contributed by atoms with E-state index in [-0.39, 0.29) is 11.4 Å². The molecule has 2 N–H and O–H groups in total. The van der Waals surface area contributed by atoms with Crippen LogP contribution in [0, 0.1) is 0 Å². The molecule has 0 saturated heterocycles. The molecule has 1 unspecified atom stereocenters. The van der Waals surface area contributed by atoms with Crippen molar-refractivity contribution in [2.75, 3.05) is 6.54 Å². The molecule has 0 aromatic heterocycles. The lowest BCUT2D eigenvalue weighted by molar-refractivity contribution is 0.186. The molecule has 0 bridgehead atoms. The summed E-state index contributed by atoms with van der Waals surface area (Å²) in [5.74, 6) is 0.380. The average molecular weight is 271 g/mol. The van der Waals surface area contributed by atoms with E-state index in [0.717, 1.165) is 5.56 Å². The Bertz CT molecular complexity index is 464. The highest BCUT2D eigenvalue weighted by Gasteiger charge is 2.13. The predicted molar refractivity (Wildman–Crippen MR) is 72.0 cm³/mol. The zero-order valence-corrected chi connectivity index (χ0v) is 11.9. The van der Waals surface area contributed by atoms with Gasteiger partial charge in [-0.3, -0.25) is 0 Å². The van der Waals surface area contributed by atoms with Crippen molar-refractivity contribution in [3.63, 3.8) is 0 Å². The summed E-state index contributed by atoms with van der Waals surface area (Å²) in [4.78, 5) is 0.262. The van der Waals surface area contributed by atoms with Gasteiger partial charge in [0.15, 0.2) is 0 Å². The number of aliphatic hydroxyl groups excluding tert-OH is 1. The lowest BCUT2D eigenvalue weighted by atomic mass is 10.0. The molecule has 0 aliphatic rings. The van der Waals surface area contributed by atoms with E-state index in [4.69, 9.17) is 5.11 Å². The number of sulfonamides is 1. The molecule has 0 heterocycles. The third-order valence-corrected chi connectivity index (χ3v) is 4.19. The first kappa shape index (κ1) is 15.1. The van der Waals surface area contributed by atoms with Gasteiger partial charge in [0.1, 0.15) is 0 Å². The first-order valence-corrected chi connectivity index (χ1v) is 7.59. The fourth-order valence-corrected chi connectivity index (χ4v) is 2.57. The van der Waals surface area contributed by atoms with Crippen molar-refractivity contribution in [3.05, 3.63) is 29.8 Å². The molecule has 0 amide bonds. The van der Waals surface area contributed by atoms with E-state index in [2.05, 4.69) is 18.6 Å². The van der Waals surface area contributed by atoms with Crippen molar-refractivity contribution >= 4 is 10.0 Å². The van der Waals surface area contributed by atoms with E-state index in [0.29, 0.717) is 12.3 Å². The molecule has 1 rings (SSSR count). The minimum atomic E-state index is -3.46. The van der Waals surface area contributed by atoms with Crippen LogP contribution in [0.1, 0.15) is 38.7 Å². The van der Waals surface area contributed by atoms with Crippen molar-refractivity contribution in [2.45, 2.75) is 44.1 Å². The highest BCUT2D eigenvalue weighted by molar-refractivity contribution is 7.89. The second-order valence-electron chi connectivity index (χ2n) is 4.76. The number of hydrogen-bond acceptors (Lipinski definition) is 3. The van der Waals surface area contributed by atoms with Crippen molar-refractivity contribution in [1.82, 2.24) is 4.72 Å². The number of nitrogens with one attached hydrogen (secondary N) is 1. The monoisotopic (exact) mass is 271 g/mol. The van der Waals surface area contributed by atoms with Crippen LogP contribution in [0.2, 0.25) is 0 Å². The van der Waals surface area contributed by atoms with Gasteiger partial charge in [-0.25, -0.2) is 13.1 Å². The molecule has 0 fully saturated rings. The summed E-state index contributed by atoms with van der Waals surface area (Å²) in [5, 5.41) is 9.08. The molecule has 0 spiro atoms. The number of aliphatic hydroxyl groups is 1. The summed E-state index contributed by atoms with van der Waals surface area (Å²) in [7, 11) is -3.46. The maximum absolute atomic E-state index is 11.9. The molecule has 1 atom stereocenters. The molecule has 18 heavy (non-hydrogen) atoms. The van der Waals surface area contributed by atoms with Gasteiger partial charge in [0.05, 0.1) is 11.0 Å². The van der Waals surface area contributed by atoms with E-state index >= 15 is 0 Å². The Labute approximate surface area is 109 Å². The van der Waals surface area contributed by atoms with Gasteiger partial charge in [0.25, 0.3) is 0 Å². The average Bonchev–Trinajstić information content (AvgIpc) is 2.28. The summed E-state index contributed by atoms with van der Waals surface area (Å²) in [6.07, 6.45) is -0.0976. The summed E-state index contributed by atoms with van der Waals surface area (Å²) in [6.45, 7) is 5.99. The lowest BCUT2D eigenvalue weighted by Crippen LogP contribution is -2.26. The van der Waals surface area contributed by atoms with Crippen LogP contribution in [0.4, 0.5) is 0 Å². The Kier molecular flexibility index (Phi) is 5.31. The standard InChI is InChI=1S/C13H21NO3S/c1-10(2)12-4-6-13(7-5-12)18(16,17)14-9-8-11(3)15/h4-7,10-11,14-15H,8-9H2,1-3H3. The van der Waals surface area contributed by atoms with Crippen LogP contribution in [-0.2, 0) is 10.0 Å². The molecule has 5 heteroatoms. The zero-order valence-electron chi connectivity index (χ0n) is 11.1. The molecule has 1 aromatic carbocycles. The lowest BCUT2D eigenvalue weighted by Gasteiger charge is -2.09. The second kappa shape index (κ2) is 6.31. The largest absolute Gasteiger partial charge is 0.393 e. The van der Waals surface area contributed by atoms with Crippen molar-refractivity contribution in [2.24, 2.45) is 0 Å². The van der Waals surface area contributed by atoms with E-state index in [9.17, 15) is 8.42 Å². The summed E-state index contributed by atoms with van der Waals surface area (Å²) in [5.41, 5.74) is 1.11. The fraction of sp³-hybridized carbons (Fsp3) is 0.538. The molecule has 4 nitrogen and oxygen atoms in total. The topological polar surface area (TPSA) is 66.4 Å². The Balaban J connectivity index is 2.73. The number of benzene rings is 1. The quantitative estimate of drug-likeness (QED) is 0.830. The van der Waals surface area contributed by atoms with Gasteiger partial charge in [-0.1, -0.05) is 26.0 Å². The molecule has 0 saturated carbocycles. The Morgan fingerprint density at radius 3 is 2.17 bits per heavy atom. The van der Waals surface area contributed by atoms with Gasteiger partial charge >= 0.3 is 0 Å². The van der Waals surface area contributed by atoms with Gasteiger partial charge in [0.2, 0.25) is 10.0 Å². The third kappa shape index (κ3) is 4.40. The zero-order chi connectivity index (χ0) is 13.8. The van der Waals surface area contributed by atoms with Crippen LogP contribution in [-0.4, -0.2) is 26.2 Å². The molecule has 0 aliphatic heterocycles. The first-order chi connectivity index (χ1) is 8.33. The van der Waals surface area contributed by atoms with Gasteiger partial charge in [-0.2, -0.15) is 0 Å². The second-order valence-corrected chi connectivity index (χ2v) is 6.53. The van der Waals surface area contributed by atoms with Gasteiger partial charge in [-0.05, 0) is 37.0 Å². The minimum Gasteiger partial charge on any atom is -0.393 e. The Hall–Kier alpha value is -0.910. The van der Waals surface area contributed by atoms with Crippen LogP contribution >= 0.6 is 0 Å². The Morgan fingerprint density at radius 2 is 1.72 bits per heavy atom. The Morgan fingerprint density at radius 1 is 1.17 bits per heavy atom. The van der Waals surface area contributed by atoms with Crippen molar-refractivity contribution < 1.29 is 13.5 Å². The minimum absolute atomic E-state index is 0.242. The van der Waals surface area contributed by atoms with Gasteiger partial charge < -0.3 is 5.11 Å². The van der Waals surface area contributed by atoms with E-state index in [1.807, 2.05) is 12.1 Å². The SMILES string of the molecule is CC(O)CCNS(=O)(=O)c1ccc(C(C)C)cc1. The highest BCUT2D eigenvalue weighted by atomic mass is 32.2. The molecule has 1 aromatic rings. The van der Waals surface area contributed by atoms with E-state index < -0.39 is 16.1 Å². The maximum Gasteiger partial charge on any atom is 0.240 e. The maximum atomic E-state index is 11.9. The smallest absolute Gasteiger partial charge is 0.240 e. The number of rotatable bonds is 6. The normalized spacial score (nSPS) is 13.8. The summed E-state index contributed by atoms with van der Waals surface area (Å²) < 4.78 is 26.3. The van der Waals surface area contributed by atoms with E-state index in [1.54, 1.807) is 19.1 Å². The van der Waals surface area contributed by atoms with Crippen LogP contribution in [0.3, 0.4) is 0 Å². The third-order valence-electron chi connectivity index (χ3n) is 2.71. The van der Waals surface area contributed by atoms with Crippen molar-refractivity contribution in [1.29, 1.82) is 0 Å². The molecular weight excluding hydrogens is 250 g/mol. The van der Waals surface area contributed by atoms with Gasteiger partial charge in [-0.15, -0.1) is 0 Å². The first-order valence-electron chi connectivity index (χ1n) is 6.10. The fourth-order valence-electron chi connectivity index (χ4n) is 1.52. The predicted octanol–water partition coefficient (Wildman–Crippen LogP) is 1.86. The summed E-state index contributed by atoms with van der Waals surface area (Å²) >= 11 is 0. The molecular formula is C13H21NO3S.